The monoisotopic (exact) mass is 398 g/mol. The predicted octanol–water partition coefficient (Wildman–Crippen LogP) is 2.66. The molecule has 1 aromatic carbocycles. The number of hydrogen-bond donors (Lipinski definition) is 1. The lowest BCUT2D eigenvalue weighted by Gasteiger charge is -2.23. The molecule has 1 unspecified atom stereocenters. The van der Waals surface area contributed by atoms with Crippen LogP contribution in [-0.4, -0.2) is 58.5 Å². The first kappa shape index (κ1) is 21.3. The van der Waals surface area contributed by atoms with E-state index in [4.69, 9.17) is 9.73 Å². The van der Waals surface area contributed by atoms with Crippen LogP contribution >= 0.6 is 0 Å². The maximum Gasteiger partial charge on any atom is 0.194 e. The van der Waals surface area contributed by atoms with Gasteiger partial charge in [0, 0.05) is 39.7 Å². The van der Waals surface area contributed by atoms with E-state index >= 15 is 0 Å². The molecule has 3 rings (SSSR count). The van der Waals surface area contributed by atoms with Crippen LogP contribution in [0.25, 0.3) is 0 Å². The minimum Gasteiger partial charge on any atom is -0.376 e. The van der Waals surface area contributed by atoms with Crippen molar-refractivity contribution in [2.45, 2.75) is 58.7 Å². The van der Waals surface area contributed by atoms with E-state index in [2.05, 4.69) is 70.1 Å². The van der Waals surface area contributed by atoms with Crippen molar-refractivity contribution in [3.8, 4) is 0 Å². The Morgan fingerprint density at radius 2 is 2.03 bits per heavy atom. The van der Waals surface area contributed by atoms with Gasteiger partial charge in [-0.25, -0.2) is 0 Å². The average molecular weight is 399 g/mol. The zero-order chi connectivity index (χ0) is 20.5. The van der Waals surface area contributed by atoms with Gasteiger partial charge in [0.15, 0.2) is 5.96 Å². The van der Waals surface area contributed by atoms with Crippen molar-refractivity contribution in [3.05, 3.63) is 47.5 Å². The molecule has 0 saturated carbocycles. The molecule has 1 aromatic heterocycles. The molecule has 1 aliphatic rings. The minimum atomic E-state index is 0.244. The van der Waals surface area contributed by atoms with Gasteiger partial charge < -0.3 is 19.5 Å². The Morgan fingerprint density at radius 1 is 1.24 bits per heavy atom. The lowest BCUT2D eigenvalue weighted by molar-refractivity contribution is 0.117. The molecular weight excluding hydrogens is 364 g/mol. The fourth-order valence-electron chi connectivity index (χ4n) is 3.54. The summed E-state index contributed by atoms with van der Waals surface area (Å²) in [4.78, 5) is 7.05. The van der Waals surface area contributed by atoms with Gasteiger partial charge in [0.25, 0.3) is 0 Å². The highest BCUT2D eigenvalue weighted by molar-refractivity contribution is 5.79. The van der Waals surface area contributed by atoms with E-state index in [0.29, 0.717) is 6.54 Å². The summed E-state index contributed by atoms with van der Waals surface area (Å²) in [7, 11) is 2.09. The van der Waals surface area contributed by atoms with E-state index in [9.17, 15) is 0 Å². The van der Waals surface area contributed by atoms with Gasteiger partial charge in [0.2, 0.25) is 0 Å². The normalized spacial score (nSPS) is 16.9. The third-order valence-electron chi connectivity index (χ3n) is 5.33. The molecule has 1 aliphatic heterocycles. The first-order chi connectivity index (χ1) is 14.2. The molecule has 0 radical (unpaired) electrons. The predicted molar refractivity (Wildman–Crippen MR) is 116 cm³/mol. The second kappa shape index (κ2) is 11.0. The number of hydrogen-bond acceptors (Lipinski definition) is 4. The average Bonchev–Trinajstić information content (AvgIpc) is 3.42. The van der Waals surface area contributed by atoms with E-state index in [0.717, 1.165) is 63.7 Å². The van der Waals surface area contributed by atoms with Gasteiger partial charge in [0.1, 0.15) is 12.2 Å². The molecule has 29 heavy (non-hydrogen) atoms. The molecule has 0 spiro atoms. The zero-order valence-electron chi connectivity index (χ0n) is 18.0. The van der Waals surface area contributed by atoms with Crippen LogP contribution in [0, 0.1) is 0 Å². The first-order valence-corrected chi connectivity index (χ1v) is 10.7. The fraction of sp³-hybridized carbons (Fsp3) is 0.591. The molecule has 2 aromatic rings. The zero-order valence-corrected chi connectivity index (χ0v) is 18.0. The van der Waals surface area contributed by atoms with Crippen molar-refractivity contribution in [3.63, 3.8) is 0 Å². The Morgan fingerprint density at radius 3 is 2.72 bits per heavy atom. The van der Waals surface area contributed by atoms with E-state index in [-0.39, 0.29) is 6.10 Å². The van der Waals surface area contributed by atoms with Crippen LogP contribution in [0.5, 0.6) is 0 Å². The summed E-state index contributed by atoms with van der Waals surface area (Å²) >= 11 is 0. The van der Waals surface area contributed by atoms with Crippen molar-refractivity contribution < 1.29 is 4.74 Å². The Bertz CT molecular complexity index is 764. The maximum atomic E-state index is 5.75. The Labute approximate surface area is 174 Å². The van der Waals surface area contributed by atoms with Crippen molar-refractivity contribution in [2.75, 3.05) is 26.7 Å². The molecule has 1 fully saturated rings. The summed E-state index contributed by atoms with van der Waals surface area (Å²) in [5, 5.41) is 11.7. The number of rotatable bonds is 9. The van der Waals surface area contributed by atoms with Crippen LogP contribution in [-0.2, 0) is 30.7 Å². The fourth-order valence-corrected chi connectivity index (χ4v) is 3.54. The van der Waals surface area contributed by atoms with Crippen LogP contribution < -0.4 is 5.32 Å². The van der Waals surface area contributed by atoms with E-state index in [1.54, 1.807) is 6.33 Å². The van der Waals surface area contributed by atoms with Crippen molar-refractivity contribution in [1.82, 2.24) is 25.0 Å². The standard InChI is InChI=1S/C22H34N6O/c1-4-18-8-10-19(11-9-18)16-27(3)22(24-15-20-7-6-14-29-20)23-12-13-28-17-25-26-21(28)5-2/h8-11,17,20H,4-7,12-16H2,1-3H3,(H,23,24). The summed E-state index contributed by atoms with van der Waals surface area (Å²) in [6.45, 7) is 8.24. The van der Waals surface area contributed by atoms with Gasteiger partial charge in [-0.2, -0.15) is 0 Å². The second-order valence-corrected chi connectivity index (χ2v) is 7.55. The molecule has 0 aliphatic carbocycles. The molecule has 158 valence electrons. The third-order valence-corrected chi connectivity index (χ3v) is 5.33. The van der Waals surface area contributed by atoms with Crippen LogP contribution in [0.3, 0.4) is 0 Å². The number of aryl methyl sites for hydroxylation is 2. The van der Waals surface area contributed by atoms with Gasteiger partial charge in [-0.1, -0.05) is 38.1 Å². The number of nitrogens with one attached hydrogen (secondary N) is 1. The highest BCUT2D eigenvalue weighted by Crippen LogP contribution is 2.12. The quantitative estimate of drug-likeness (QED) is 0.520. The second-order valence-electron chi connectivity index (χ2n) is 7.55. The number of aromatic nitrogens is 3. The van der Waals surface area contributed by atoms with Gasteiger partial charge in [0.05, 0.1) is 12.6 Å². The SMILES string of the molecule is CCc1ccc(CN(C)C(=NCC2CCCO2)NCCn2cnnc2CC)cc1. The van der Waals surface area contributed by atoms with Crippen LogP contribution in [0.15, 0.2) is 35.6 Å². The Kier molecular flexibility index (Phi) is 8.04. The molecule has 7 nitrogen and oxygen atoms in total. The van der Waals surface area contributed by atoms with E-state index in [1.165, 1.54) is 11.1 Å². The van der Waals surface area contributed by atoms with Gasteiger partial charge in [-0.15, -0.1) is 10.2 Å². The number of nitrogens with zero attached hydrogens (tertiary/aromatic N) is 5. The van der Waals surface area contributed by atoms with Crippen LogP contribution in [0.4, 0.5) is 0 Å². The van der Waals surface area contributed by atoms with Crippen molar-refractivity contribution in [1.29, 1.82) is 0 Å². The number of benzene rings is 1. The number of aliphatic imine (C=N–C) groups is 1. The van der Waals surface area contributed by atoms with Crippen LogP contribution in [0.2, 0.25) is 0 Å². The highest BCUT2D eigenvalue weighted by atomic mass is 16.5. The summed E-state index contributed by atoms with van der Waals surface area (Å²) in [6, 6.07) is 8.83. The number of ether oxygens (including phenoxy) is 1. The summed E-state index contributed by atoms with van der Waals surface area (Å²) in [5.41, 5.74) is 2.64. The number of guanidine groups is 1. The maximum absolute atomic E-state index is 5.75. The van der Waals surface area contributed by atoms with Gasteiger partial charge in [-0.3, -0.25) is 4.99 Å². The topological polar surface area (TPSA) is 67.6 Å². The van der Waals surface area contributed by atoms with Gasteiger partial charge >= 0.3 is 0 Å². The molecule has 1 atom stereocenters. The summed E-state index contributed by atoms with van der Waals surface area (Å²) < 4.78 is 7.84. The van der Waals surface area contributed by atoms with Crippen molar-refractivity contribution in [2.24, 2.45) is 4.99 Å². The van der Waals surface area contributed by atoms with Crippen molar-refractivity contribution >= 4 is 5.96 Å². The Hall–Kier alpha value is -2.41. The first-order valence-electron chi connectivity index (χ1n) is 10.7. The molecule has 0 amide bonds. The lowest BCUT2D eigenvalue weighted by atomic mass is 10.1. The van der Waals surface area contributed by atoms with Gasteiger partial charge in [-0.05, 0) is 30.4 Å². The van der Waals surface area contributed by atoms with E-state index in [1.807, 2.05) is 0 Å². The van der Waals surface area contributed by atoms with Crippen LogP contribution in [0.1, 0.15) is 43.6 Å². The molecule has 7 heteroatoms. The molecule has 1 saturated heterocycles. The highest BCUT2D eigenvalue weighted by Gasteiger charge is 2.16. The minimum absolute atomic E-state index is 0.244. The molecule has 2 heterocycles. The Balaban J connectivity index is 1.61. The summed E-state index contributed by atoms with van der Waals surface area (Å²) in [6.07, 6.45) is 6.22. The largest absolute Gasteiger partial charge is 0.376 e. The smallest absolute Gasteiger partial charge is 0.194 e. The third kappa shape index (κ3) is 6.29. The molecule has 0 bridgehead atoms. The summed E-state index contributed by atoms with van der Waals surface area (Å²) in [5.74, 6) is 1.92. The molecular formula is C22H34N6O. The van der Waals surface area contributed by atoms with E-state index < -0.39 is 0 Å². The lowest BCUT2D eigenvalue weighted by Crippen LogP contribution is -2.40. The molecule has 1 N–H and O–H groups in total.